The Hall–Kier alpha value is -2.43. The molecule has 0 aliphatic carbocycles. The highest BCUT2D eigenvalue weighted by Crippen LogP contribution is 2.30. The van der Waals surface area contributed by atoms with E-state index in [-0.39, 0.29) is 23.5 Å². The predicted octanol–water partition coefficient (Wildman–Crippen LogP) is 5.25. The van der Waals surface area contributed by atoms with Crippen molar-refractivity contribution in [1.82, 2.24) is 4.57 Å². The lowest BCUT2D eigenvalue weighted by Gasteiger charge is -2.16. The predicted molar refractivity (Wildman–Crippen MR) is 106 cm³/mol. The molecule has 0 N–H and O–H groups in total. The fourth-order valence-electron chi connectivity index (χ4n) is 3.79. The first-order chi connectivity index (χ1) is 13.6. The number of halogens is 1. The molecule has 150 valence electrons. The van der Waals surface area contributed by atoms with Gasteiger partial charge in [0.25, 0.3) is 0 Å². The molecule has 5 heteroatoms. The van der Waals surface area contributed by atoms with Crippen LogP contribution in [0, 0.1) is 5.82 Å². The average molecular weight is 385 g/mol. The molecule has 0 spiro atoms. The van der Waals surface area contributed by atoms with Gasteiger partial charge in [-0.3, -0.25) is 9.59 Å². The fraction of sp³-hybridized carbons (Fsp3) is 0.478. The van der Waals surface area contributed by atoms with E-state index < -0.39 is 0 Å². The second-order valence-corrected chi connectivity index (χ2v) is 7.41. The average Bonchev–Trinajstić information content (AvgIpc) is 2.99. The lowest BCUT2D eigenvalue weighted by atomic mass is 10.00. The molecule has 0 fully saturated rings. The van der Waals surface area contributed by atoms with Crippen LogP contribution in [0.25, 0.3) is 0 Å². The monoisotopic (exact) mass is 385 g/mol. The zero-order valence-corrected chi connectivity index (χ0v) is 16.5. The molecule has 28 heavy (non-hydrogen) atoms. The molecule has 1 atom stereocenters. The third-order valence-electron chi connectivity index (χ3n) is 5.36. The number of nitrogens with zero attached hydrogens (tertiary/aromatic N) is 1. The number of esters is 1. The molecule has 3 rings (SSSR count). The van der Waals surface area contributed by atoms with E-state index in [9.17, 15) is 14.0 Å². The van der Waals surface area contributed by atoms with Gasteiger partial charge in [-0.1, -0.05) is 32.6 Å². The summed E-state index contributed by atoms with van der Waals surface area (Å²) in [5.74, 6) is -1.05. The van der Waals surface area contributed by atoms with Gasteiger partial charge in [0.15, 0.2) is 0 Å². The number of carbonyl (C=O) groups is 2. The van der Waals surface area contributed by atoms with Crippen molar-refractivity contribution in [3.8, 4) is 0 Å². The molecule has 1 unspecified atom stereocenters. The first-order valence-electron chi connectivity index (χ1n) is 10.3. The lowest BCUT2D eigenvalue weighted by molar-refractivity contribution is -0.146. The van der Waals surface area contributed by atoms with E-state index in [1.165, 1.54) is 24.3 Å². The van der Waals surface area contributed by atoms with Gasteiger partial charge in [0.05, 0.1) is 18.2 Å². The number of ether oxygens (including phenoxy) is 1. The van der Waals surface area contributed by atoms with Crippen LogP contribution >= 0.6 is 0 Å². The van der Waals surface area contributed by atoms with E-state index in [2.05, 4.69) is 6.92 Å². The van der Waals surface area contributed by atoms with Gasteiger partial charge in [-0.15, -0.1) is 0 Å². The first-order valence-corrected chi connectivity index (χ1v) is 10.3. The summed E-state index contributed by atoms with van der Waals surface area (Å²) in [5.41, 5.74) is 1.84. The molecule has 1 aliphatic heterocycles. The normalized spacial score (nSPS) is 16.3. The highest BCUT2D eigenvalue weighted by molar-refractivity contribution is 6.08. The number of hydrogen-bond donors (Lipinski definition) is 0. The van der Waals surface area contributed by atoms with Crippen molar-refractivity contribution < 1.29 is 18.7 Å². The molecule has 1 aromatic heterocycles. The fourth-order valence-corrected chi connectivity index (χ4v) is 3.79. The first kappa shape index (κ1) is 20.3. The Bertz CT molecular complexity index is 810. The Kier molecular flexibility index (Phi) is 7.01. The second-order valence-electron chi connectivity index (χ2n) is 7.41. The van der Waals surface area contributed by atoms with E-state index in [4.69, 9.17) is 4.74 Å². The van der Waals surface area contributed by atoms with Crippen molar-refractivity contribution >= 4 is 11.8 Å². The number of hydrogen-bond acceptors (Lipinski definition) is 3. The molecule has 0 saturated heterocycles. The van der Waals surface area contributed by atoms with Gasteiger partial charge < -0.3 is 9.30 Å². The van der Waals surface area contributed by atoms with Crippen LogP contribution in [0.1, 0.15) is 79.5 Å². The van der Waals surface area contributed by atoms with Gasteiger partial charge in [-0.25, -0.2) is 4.39 Å². The molecule has 1 aromatic carbocycles. The lowest BCUT2D eigenvalue weighted by Crippen LogP contribution is -2.19. The minimum Gasteiger partial charge on any atom is -0.465 e. The van der Waals surface area contributed by atoms with E-state index in [1.807, 2.05) is 10.6 Å². The Balaban J connectivity index is 1.75. The number of carbonyl (C=O) groups excluding carboxylic acids is 2. The summed E-state index contributed by atoms with van der Waals surface area (Å²) in [5, 5.41) is 0. The molecule has 2 aromatic rings. The van der Waals surface area contributed by atoms with Crippen LogP contribution in [0.2, 0.25) is 0 Å². The van der Waals surface area contributed by atoms with Crippen LogP contribution in [-0.4, -0.2) is 22.9 Å². The van der Waals surface area contributed by atoms with Gasteiger partial charge in [0.1, 0.15) is 5.82 Å². The summed E-state index contributed by atoms with van der Waals surface area (Å²) in [4.78, 5) is 25.6. The minimum absolute atomic E-state index is 0.153. The Morgan fingerprint density at radius 3 is 2.61 bits per heavy atom. The zero-order chi connectivity index (χ0) is 19.9. The van der Waals surface area contributed by atoms with E-state index in [0.717, 1.165) is 50.6 Å². The van der Waals surface area contributed by atoms with Crippen LogP contribution in [0.3, 0.4) is 0 Å². The van der Waals surface area contributed by atoms with Gasteiger partial charge in [-0.2, -0.15) is 0 Å². The summed E-state index contributed by atoms with van der Waals surface area (Å²) in [6.45, 7) is 3.30. The maximum atomic E-state index is 13.2. The Morgan fingerprint density at radius 2 is 1.86 bits per heavy atom. The number of unbranched alkanes of at least 4 members (excludes halogenated alkanes) is 3. The van der Waals surface area contributed by atoms with Crippen LogP contribution in [0.4, 0.5) is 4.39 Å². The third kappa shape index (κ3) is 4.70. The van der Waals surface area contributed by atoms with Crippen LogP contribution < -0.4 is 0 Å². The minimum atomic E-state index is -0.368. The molecule has 4 nitrogen and oxygen atoms in total. The number of aromatic nitrogens is 1. The number of benzene rings is 1. The summed E-state index contributed by atoms with van der Waals surface area (Å²) >= 11 is 0. The van der Waals surface area contributed by atoms with Gasteiger partial charge in [-0.05, 0) is 55.7 Å². The SMILES string of the molecule is CCCCCCOC(=O)C1CCCCn2c(C(=O)c3ccc(F)cc3)ccc21. The molecule has 0 bridgehead atoms. The molecular weight excluding hydrogens is 357 g/mol. The van der Waals surface area contributed by atoms with Crippen molar-refractivity contribution in [2.75, 3.05) is 6.61 Å². The van der Waals surface area contributed by atoms with Crippen LogP contribution in [0.5, 0.6) is 0 Å². The molecular formula is C23H28FNO3. The smallest absolute Gasteiger partial charge is 0.314 e. The maximum Gasteiger partial charge on any atom is 0.314 e. The van der Waals surface area contributed by atoms with E-state index in [0.29, 0.717) is 24.4 Å². The van der Waals surface area contributed by atoms with Crippen molar-refractivity contribution in [3.63, 3.8) is 0 Å². The largest absolute Gasteiger partial charge is 0.465 e. The maximum absolute atomic E-state index is 13.2. The number of ketones is 1. The van der Waals surface area contributed by atoms with Crippen LogP contribution in [-0.2, 0) is 16.1 Å². The highest BCUT2D eigenvalue weighted by Gasteiger charge is 2.29. The highest BCUT2D eigenvalue weighted by atomic mass is 19.1. The third-order valence-corrected chi connectivity index (χ3v) is 5.36. The molecule has 1 aliphatic rings. The second kappa shape index (κ2) is 9.67. The Labute approximate surface area is 165 Å². The summed E-state index contributed by atoms with van der Waals surface area (Å²) in [6, 6.07) is 9.21. The summed E-state index contributed by atoms with van der Waals surface area (Å²) < 4.78 is 20.6. The van der Waals surface area contributed by atoms with Crippen molar-refractivity contribution in [2.24, 2.45) is 0 Å². The molecule has 0 saturated carbocycles. The van der Waals surface area contributed by atoms with Gasteiger partial charge in [0.2, 0.25) is 5.78 Å². The molecule has 2 heterocycles. The Morgan fingerprint density at radius 1 is 1.07 bits per heavy atom. The van der Waals surface area contributed by atoms with Crippen molar-refractivity contribution in [2.45, 2.75) is 64.3 Å². The summed E-state index contributed by atoms with van der Waals surface area (Å²) in [7, 11) is 0. The van der Waals surface area contributed by atoms with Crippen molar-refractivity contribution in [3.05, 3.63) is 59.2 Å². The zero-order valence-electron chi connectivity index (χ0n) is 16.5. The van der Waals surface area contributed by atoms with Crippen LogP contribution in [0.15, 0.2) is 36.4 Å². The number of rotatable bonds is 8. The topological polar surface area (TPSA) is 48.3 Å². The summed E-state index contributed by atoms with van der Waals surface area (Å²) in [6.07, 6.45) is 6.82. The quantitative estimate of drug-likeness (QED) is 0.354. The number of fused-ring (bicyclic) bond motifs is 1. The standard InChI is InChI=1S/C23H28FNO3/c1-2-3-4-7-16-28-23(27)19-8-5-6-15-25-20(19)13-14-21(25)22(26)17-9-11-18(24)12-10-17/h9-14,19H,2-8,15-16H2,1H3. The van der Waals surface area contributed by atoms with Crippen molar-refractivity contribution in [1.29, 1.82) is 0 Å². The van der Waals surface area contributed by atoms with Gasteiger partial charge in [0, 0.05) is 17.8 Å². The molecule has 0 radical (unpaired) electrons. The molecule has 0 amide bonds. The van der Waals surface area contributed by atoms with E-state index >= 15 is 0 Å². The van der Waals surface area contributed by atoms with E-state index in [1.54, 1.807) is 6.07 Å². The van der Waals surface area contributed by atoms with Gasteiger partial charge >= 0.3 is 5.97 Å².